The average Bonchev–Trinajstić information content (AvgIpc) is 3.23. The molecule has 1 saturated heterocycles. The zero-order valence-electron chi connectivity index (χ0n) is 17.9. The van der Waals surface area contributed by atoms with E-state index in [1.807, 2.05) is 24.3 Å². The van der Waals surface area contributed by atoms with Gasteiger partial charge < -0.3 is 9.64 Å². The molecule has 1 unspecified atom stereocenters. The molecule has 1 fully saturated rings. The molecule has 2 aromatic heterocycles. The number of anilines is 1. The number of carbonyl (C=O) groups excluding carboxylic acids is 1. The largest absolute Gasteiger partial charge is 0.375 e. The van der Waals surface area contributed by atoms with Gasteiger partial charge >= 0.3 is 6.03 Å². The molecule has 0 radical (unpaired) electrons. The summed E-state index contributed by atoms with van der Waals surface area (Å²) in [6.07, 6.45) is 5.14. The summed E-state index contributed by atoms with van der Waals surface area (Å²) in [5.41, 5.74) is 2.14. The zero-order valence-corrected chi connectivity index (χ0v) is 17.9. The molecule has 4 rings (SSSR count). The Balaban J connectivity index is 1.43. The summed E-state index contributed by atoms with van der Waals surface area (Å²) in [5.74, 6) is 1.20. The maximum Gasteiger partial charge on any atom is 0.323 e. The van der Waals surface area contributed by atoms with Gasteiger partial charge in [-0.05, 0) is 30.4 Å². The van der Waals surface area contributed by atoms with E-state index in [0.29, 0.717) is 31.5 Å². The Morgan fingerprint density at radius 2 is 1.97 bits per heavy atom. The second kappa shape index (κ2) is 9.70. The third-order valence-electron chi connectivity index (χ3n) is 5.32. The van der Waals surface area contributed by atoms with Crippen molar-refractivity contribution in [3.8, 4) is 5.95 Å². The minimum absolute atomic E-state index is 0.0216. The van der Waals surface area contributed by atoms with Crippen LogP contribution in [-0.4, -0.2) is 56.5 Å². The van der Waals surface area contributed by atoms with Crippen LogP contribution in [0.15, 0.2) is 54.9 Å². The zero-order chi connectivity index (χ0) is 21.6. The predicted octanol–water partition coefficient (Wildman–Crippen LogP) is 3.65. The summed E-state index contributed by atoms with van der Waals surface area (Å²) in [6, 6.07) is 13.8. The van der Waals surface area contributed by atoms with Crippen molar-refractivity contribution in [3.63, 3.8) is 0 Å². The van der Waals surface area contributed by atoms with Gasteiger partial charge in [0, 0.05) is 31.5 Å². The van der Waals surface area contributed by atoms with E-state index in [2.05, 4.69) is 46.4 Å². The van der Waals surface area contributed by atoms with E-state index in [1.54, 1.807) is 28.0 Å². The van der Waals surface area contributed by atoms with Gasteiger partial charge in [0.05, 0.1) is 18.4 Å². The lowest BCUT2D eigenvalue weighted by Crippen LogP contribution is -2.47. The third kappa shape index (κ3) is 5.27. The van der Waals surface area contributed by atoms with Crippen LogP contribution >= 0.6 is 0 Å². The number of ether oxygens (including phenoxy) is 1. The van der Waals surface area contributed by atoms with Gasteiger partial charge in [-0.3, -0.25) is 5.32 Å². The molecule has 1 atom stereocenters. The summed E-state index contributed by atoms with van der Waals surface area (Å²) in [4.78, 5) is 23.4. The minimum atomic E-state index is -0.166. The molecule has 0 saturated carbocycles. The highest BCUT2D eigenvalue weighted by Crippen LogP contribution is 2.21. The summed E-state index contributed by atoms with van der Waals surface area (Å²) in [6.45, 7) is 5.77. The van der Waals surface area contributed by atoms with E-state index in [9.17, 15) is 4.79 Å². The van der Waals surface area contributed by atoms with Gasteiger partial charge in [0.1, 0.15) is 5.82 Å². The first-order chi connectivity index (χ1) is 15.1. The van der Waals surface area contributed by atoms with Crippen molar-refractivity contribution >= 4 is 11.8 Å². The van der Waals surface area contributed by atoms with Gasteiger partial charge in [-0.1, -0.05) is 44.2 Å². The van der Waals surface area contributed by atoms with E-state index in [1.165, 1.54) is 5.56 Å². The minimum Gasteiger partial charge on any atom is -0.375 e. The van der Waals surface area contributed by atoms with Crippen LogP contribution in [0.4, 0.5) is 10.6 Å². The second-order valence-electron chi connectivity index (χ2n) is 7.96. The lowest BCUT2D eigenvalue weighted by molar-refractivity contribution is -0.0157. The number of aromatic nitrogens is 4. The van der Waals surface area contributed by atoms with Crippen molar-refractivity contribution in [1.29, 1.82) is 0 Å². The third-order valence-corrected chi connectivity index (χ3v) is 5.32. The number of morpholine rings is 1. The van der Waals surface area contributed by atoms with Gasteiger partial charge in [-0.15, -0.1) is 0 Å². The molecule has 3 aromatic rings. The first kappa shape index (κ1) is 21.0. The number of carbonyl (C=O) groups is 1. The van der Waals surface area contributed by atoms with E-state index < -0.39 is 0 Å². The number of benzene rings is 1. The van der Waals surface area contributed by atoms with Crippen molar-refractivity contribution in [2.75, 3.05) is 25.0 Å². The Bertz CT molecular complexity index is 990. The highest BCUT2D eigenvalue weighted by Gasteiger charge is 2.25. The molecule has 1 aliphatic heterocycles. The number of hydrogen-bond acceptors (Lipinski definition) is 5. The van der Waals surface area contributed by atoms with Crippen LogP contribution in [0.2, 0.25) is 0 Å². The number of aryl methyl sites for hydroxylation is 1. The molecule has 8 nitrogen and oxygen atoms in total. The first-order valence-corrected chi connectivity index (χ1v) is 10.7. The Morgan fingerprint density at radius 3 is 2.71 bits per heavy atom. The number of amides is 2. The van der Waals surface area contributed by atoms with Crippen LogP contribution < -0.4 is 5.32 Å². The first-order valence-electron chi connectivity index (χ1n) is 10.7. The van der Waals surface area contributed by atoms with Crippen molar-refractivity contribution in [1.82, 2.24) is 24.6 Å². The number of nitrogens with one attached hydrogen (secondary N) is 1. The fourth-order valence-corrected chi connectivity index (χ4v) is 3.56. The molecule has 0 bridgehead atoms. The maximum absolute atomic E-state index is 13.0. The van der Waals surface area contributed by atoms with E-state index in [4.69, 9.17) is 4.74 Å². The highest BCUT2D eigenvalue weighted by molar-refractivity contribution is 5.88. The topological polar surface area (TPSA) is 85.2 Å². The molecule has 1 N–H and O–H groups in total. The van der Waals surface area contributed by atoms with E-state index in [0.717, 1.165) is 18.5 Å². The monoisotopic (exact) mass is 420 g/mol. The molecule has 0 spiro atoms. The smallest absolute Gasteiger partial charge is 0.323 e. The molecule has 3 heterocycles. The van der Waals surface area contributed by atoms with E-state index >= 15 is 0 Å². The lowest BCUT2D eigenvalue weighted by Gasteiger charge is -2.33. The molecule has 1 aromatic carbocycles. The summed E-state index contributed by atoms with van der Waals surface area (Å²) >= 11 is 0. The summed E-state index contributed by atoms with van der Waals surface area (Å²) in [7, 11) is 0. The number of nitrogens with zero attached hydrogens (tertiary/aromatic N) is 5. The van der Waals surface area contributed by atoms with Gasteiger partial charge in [0.25, 0.3) is 5.95 Å². The Kier molecular flexibility index (Phi) is 6.57. The van der Waals surface area contributed by atoms with Gasteiger partial charge in [0.2, 0.25) is 0 Å². The van der Waals surface area contributed by atoms with Crippen molar-refractivity contribution in [2.45, 2.75) is 38.7 Å². The lowest BCUT2D eigenvalue weighted by atomic mass is 10.1. The normalized spacial score (nSPS) is 16.5. The molecular formula is C23H28N6O2. The van der Waals surface area contributed by atoms with Crippen LogP contribution in [0.3, 0.4) is 0 Å². The molecule has 8 heteroatoms. The van der Waals surface area contributed by atoms with Gasteiger partial charge in [0.15, 0.2) is 0 Å². The van der Waals surface area contributed by atoms with Crippen LogP contribution in [0.25, 0.3) is 5.95 Å². The fraction of sp³-hybridized carbons (Fsp3) is 0.391. The average molecular weight is 421 g/mol. The van der Waals surface area contributed by atoms with Crippen LogP contribution in [0.5, 0.6) is 0 Å². The summed E-state index contributed by atoms with van der Waals surface area (Å²) < 4.78 is 7.48. The molecular weight excluding hydrogens is 392 g/mol. The van der Waals surface area contributed by atoms with Gasteiger partial charge in [-0.2, -0.15) is 9.78 Å². The standard InChI is InChI=1S/C23H28N6O2/c1-17(2)20-15-21(29(27-20)22-24-11-6-12-25-22)26-23(30)28-13-14-31-19(16-28)10-9-18-7-4-3-5-8-18/h3-8,11-12,15,17,19H,9-10,13-14,16H2,1-2H3,(H,26,30). The maximum atomic E-state index is 13.0. The van der Waals surface area contributed by atoms with Gasteiger partial charge in [-0.25, -0.2) is 14.8 Å². The highest BCUT2D eigenvalue weighted by atomic mass is 16.5. The summed E-state index contributed by atoms with van der Waals surface area (Å²) in [5, 5.41) is 7.59. The van der Waals surface area contributed by atoms with Crippen molar-refractivity contribution in [3.05, 3.63) is 66.1 Å². The predicted molar refractivity (Wildman–Crippen MR) is 118 cm³/mol. The number of hydrogen-bond donors (Lipinski definition) is 1. The number of urea groups is 1. The molecule has 1 aliphatic rings. The van der Waals surface area contributed by atoms with Crippen molar-refractivity contribution < 1.29 is 9.53 Å². The molecule has 0 aliphatic carbocycles. The fourth-order valence-electron chi connectivity index (χ4n) is 3.56. The SMILES string of the molecule is CC(C)c1cc(NC(=O)N2CCOC(CCc3ccccc3)C2)n(-c2ncccn2)n1. The van der Waals surface area contributed by atoms with Crippen LogP contribution in [0, 0.1) is 0 Å². The van der Waals surface area contributed by atoms with Crippen LogP contribution in [-0.2, 0) is 11.2 Å². The molecule has 2 amide bonds. The second-order valence-corrected chi connectivity index (χ2v) is 7.96. The van der Waals surface area contributed by atoms with E-state index in [-0.39, 0.29) is 18.1 Å². The molecule has 162 valence electrons. The quantitative estimate of drug-likeness (QED) is 0.658. The Hall–Kier alpha value is -3.26. The molecule has 31 heavy (non-hydrogen) atoms. The van der Waals surface area contributed by atoms with Crippen LogP contribution in [0.1, 0.15) is 37.4 Å². The van der Waals surface area contributed by atoms with Crippen molar-refractivity contribution in [2.24, 2.45) is 0 Å². The number of rotatable bonds is 6. The Labute approximate surface area is 182 Å². The Morgan fingerprint density at radius 1 is 1.19 bits per heavy atom.